The third kappa shape index (κ3) is 3.29. The second-order valence-electron chi connectivity index (χ2n) is 5.07. The van der Waals surface area contributed by atoms with Crippen LogP contribution >= 0.6 is 0 Å². The molecule has 0 aromatic heterocycles. The van der Waals surface area contributed by atoms with Gasteiger partial charge in [-0.2, -0.15) is 0 Å². The van der Waals surface area contributed by atoms with Crippen molar-refractivity contribution in [1.82, 2.24) is 5.32 Å². The number of halogens is 1. The molecule has 0 saturated heterocycles. The van der Waals surface area contributed by atoms with E-state index in [1.807, 2.05) is 19.2 Å². The normalized spacial score (nSPS) is 19.9. The maximum atomic E-state index is 13.3. The van der Waals surface area contributed by atoms with Gasteiger partial charge in [-0.05, 0) is 43.5 Å². The maximum Gasteiger partial charge on any atom is 0.123 e. The zero-order chi connectivity index (χ0) is 12.1. The Morgan fingerprint density at radius 3 is 2.47 bits per heavy atom. The van der Waals surface area contributed by atoms with Crippen LogP contribution in [0.2, 0.25) is 0 Å². The van der Waals surface area contributed by atoms with Crippen molar-refractivity contribution in [2.45, 2.75) is 44.6 Å². The molecule has 1 aromatic rings. The molecule has 0 bridgehead atoms. The lowest BCUT2D eigenvalue weighted by atomic mass is 9.87. The number of rotatable bonds is 3. The lowest BCUT2D eigenvalue weighted by molar-refractivity contribution is 0.341. The van der Waals surface area contributed by atoms with Gasteiger partial charge < -0.3 is 5.32 Å². The molecule has 1 nitrogen and oxygen atoms in total. The van der Waals surface area contributed by atoms with E-state index in [1.54, 1.807) is 6.07 Å². The van der Waals surface area contributed by atoms with Crippen LogP contribution in [0, 0.1) is 11.7 Å². The van der Waals surface area contributed by atoms with Gasteiger partial charge in [-0.15, -0.1) is 0 Å². The van der Waals surface area contributed by atoms with E-state index in [2.05, 4.69) is 5.32 Å². The molecule has 1 fully saturated rings. The predicted octanol–water partition coefficient (Wildman–Crippen LogP) is 4.06. The van der Waals surface area contributed by atoms with E-state index in [-0.39, 0.29) is 5.82 Å². The van der Waals surface area contributed by atoms with E-state index in [9.17, 15) is 4.39 Å². The second-order valence-corrected chi connectivity index (χ2v) is 5.07. The van der Waals surface area contributed by atoms with Crippen molar-refractivity contribution in [3.8, 4) is 0 Å². The minimum Gasteiger partial charge on any atom is -0.313 e. The van der Waals surface area contributed by atoms with Crippen LogP contribution in [0.25, 0.3) is 0 Å². The highest BCUT2D eigenvalue weighted by molar-refractivity contribution is 5.21. The van der Waals surface area contributed by atoms with Crippen molar-refractivity contribution in [3.05, 3.63) is 35.6 Å². The first-order chi connectivity index (χ1) is 8.31. The molecular formula is C15H22FN. The monoisotopic (exact) mass is 235 g/mol. The Morgan fingerprint density at radius 2 is 1.88 bits per heavy atom. The largest absolute Gasteiger partial charge is 0.313 e. The minimum absolute atomic E-state index is 0.128. The van der Waals surface area contributed by atoms with Crippen LogP contribution in [0.3, 0.4) is 0 Å². The zero-order valence-electron chi connectivity index (χ0n) is 10.6. The molecule has 1 aliphatic carbocycles. The third-order valence-electron chi connectivity index (χ3n) is 3.89. The van der Waals surface area contributed by atoms with Gasteiger partial charge in [-0.3, -0.25) is 0 Å². The van der Waals surface area contributed by atoms with Crippen molar-refractivity contribution in [2.24, 2.45) is 5.92 Å². The molecule has 2 rings (SSSR count). The van der Waals surface area contributed by atoms with Crippen LogP contribution in [0.1, 0.15) is 50.1 Å². The van der Waals surface area contributed by atoms with Gasteiger partial charge in [-0.1, -0.05) is 37.8 Å². The van der Waals surface area contributed by atoms with Crippen LogP contribution in [0.4, 0.5) is 4.39 Å². The molecule has 17 heavy (non-hydrogen) atoms. The van der Waals surface area contributed by atoms with Crippen LogP contribution in [-0.4, -0.2) is 7.05 Å². The molecule has 0 spiro atoms. The van der Waals surface area contributed by atoms with Gasteiger partial charge in [0.1, 0.15) is 5.82 Å². The first kappa shape index (κ1) is 12.6. The Hall–Kier alpha value is -0.890. The first-order valence-corrected chi connectivity index (χ1v) is 6.74. The Bertz CT molecular complexity index is 343. The van der Waals surface area contributed by atoms with Crippen LogP contribution in [0.5, 0.6) is 0 Å². The fourth-order valence-corrected chi connectivity index (χ4v) is 3.02. The SMILES string of the molecule is CNC(c1cccc(F)c1)C1CCCCCC1. The predicted molar refractivity (Wildman–Crippen MR) is 69.4 cm³/mol. The summed E-state index contributed by atoms with van der Waals surface area (Å²) in [5.41, 5.74) is 1.10. The summed E-state index contributed by atoms with van der Waals surface area (Å²) < 4.78 is 13.3. The second kappa shape index (κ2) is 6.15. The topological polar surface area (TPSA) is 12.0 Å². The smallest absolute Gasteiger partial charge is 0.123 e. The standard InChI is InChI=1S/C15H22FN/c1-17-15(12-7-4-2-3-5-8-12)13-9-6-10-14(16)11-13/h6,9-12,15,17H,2-5,7-8H2,1H3. The summed E-state index contributed by atoms with van der Waals surface area (Å²) in [7, 11) is 1.99. The molecule has 0 amide bonds. The van der Waals surface area contributed by atoms with E-state index in [0.717, 1.165) is 5.56 Å². The summed E-state index contributed by atoms with van der Waals surface area (Å²) in [4.78, 5) is 0. The molecule has 1 saturated carbocycles. The average molecular weight is 235 g/mol. The van der Waals surface area contributed by atoms with Crippen molar-refractivity contribution in [3.63, 3.8) is 0 Å². The summed E-state index contributed by atoms with van der Waals surface area (Å²) in [6.45, 7) is 0. The quantitative estimate of drug-likeness (QED) is 0.779. The van der Waals surface area contributed by atoms with Crippen LogP contribution in [0.15, 0.2) is 24.3 Å². The van der Waals surface area contributed by atoms with Crippen molar-refractivity contribution >= 4 is 0 Å². The fraction of sp³-hybridized carbons (Fsp3) is 0.600. The minimum atomic E-state index is -0.128. The lowest BCUT2D eigenvalue weighted by Crippen LogP contribution is -2.25. The number of hydrogen-bond acceptors (Lipinski definition) is 1. The number of benzene rings is 1. The van der Waals surface area contributed by atoms with Gasteiger partial charge in [-0.25, -0.2) is 4.39 Å². The van der Waals surface area contributed by atoms with Gasteiger partial charge in [0.2, 0.25) is 0 Å². The molecule has 2 heteroatoms. The molecule has 1 N–H and O–H groups in total. The molecule has 0 radical (unpaired) electrons. The molecular weight excluding hydrogens is 213 g/mol. The molecule has 1 unspecified atom stereocenters. The molecule has 1 aliphatic rings. The van der Waals surface area contributed by atoms with E-state index < -0.39 is 0 Å². The Kier molecular flexibility index (Phi) is 4.55. The zero-order valence-corrected chi connectivity index (χ0v) is 10.6. The van der Waals surface area contributed by atoms with Gasteiger partial charge in [0, 0.05) is 6.04 Å². The Morgan fingerprint density at radius 1 is 1.18 bits per heavy atom. The molecule has 0 aliphatic heterocycles. The van der Waals surface area contributed by atoms with Crippen molar-refractivity contribution in [1.29, 1.82) is 0 Å². The maximum absolute atomic E-state index is 13.3. The van der Waals surface area contributed by atoms with Crippen molar-refractivity contribution in [2.75, 3.05) is 7.05 Å². The highest BCUT2D eigenvalue weighted by Crippen LogP contribution is 2.33. The molecule has 1 aromatic carbocycles. The third-order valence-corrected chi connectivity index (χ3v) is 3.89. The molecule has 94 valence electrons. The van der Waals surface area contributed by atoms with Crippen LogP contribution < -0.4 is 5.32 Å². The Labute approximate surface area is 103 Å². The van der Waals surface area contributed by atoms with Gasteiger partial charge in [0.05, 0.1) is 0 Å². The summed E-state index contributed by atoms with van der Waals surface area (Å²) in [5.74, 6) is 0.528. The van der Waals surface area contributed by atoms with Gasteiger partial charge >= 0.3 is 0 Å². The van der Waals surface area contributed by atoms with Gasteiger partial charge in [0.25, 0.3) is 0 Å². The lowest BCUT2D eigenvalue weighted by Gasteiger charge is -2.26. The van der Waals surface area contributed by atoms with E-state index >= 15 is 0 Å². The van der Waals surface area contributed by atoms with E-state index in [4.69, 9.17) is 0 Å². The summed E-state index contributed by atoms with van der Waals surface area (Å²) in [5, 5.41) is 3.38. The Balaban J connectivity index is 2.14. The van der Waals surface area contributed by atoms with Crippen LogP contribution in [-0.2, 0) is 0 Å². The van der Waals surface area contributed by atoms with E-state index in [0.29, 0.717) is 12.0 Å². The van der Waals surface area contributed by atoms with E-state index in [1.165, 1.54) is 44.6 Å². The number of nitrogens with one attached hydrogen (secondary N) is 1. The highest BCUT2D eigenvalue weighted by atomic mass is 19.1. The average Bonchev–Trinajstić information content (AvgIpc) is 2.59. The highest BCUT2D eigenvalue weighted by Gasteiger charge is 2.22. The fourth-order valence-electron chi connectivity index (χ4n) is 3.02. The summed E-state index contributed by atoms with van der Waals surface area (Å²) in [6, 6.07) is 7.35. The first-order valence-electron chi connectivity index (χ1n) is 6.74. The summed E-state index contributed by atoms with van der Waals surface area (Å²) >= 11 is 0. The molecule has 0 heterocycles. The van der Waals surface area contributed by atoms with Crippen molar-refractivity contribution < 1.29 is 4.39 Å². The number of hydrogen-bond donors (Lipinski definition) is 1. The molecule has 1 atom stereocenters. The summed E-state index contributed by atoms with van der Waals surface area (Å²) in [6.07, 6.45) is 7.88. The van der Waals surface area contributed by atoms with Gasteiger partial charge in [0.15, 0.2) is 0 Å².